The third-order valence-electron chi connectivity index (χ3n) is 5.31. The van der Waals surface area contributed by atoms with E-state index in [4.69, 9.17) is 13.9 Å². The highest BCUT2D eigenvalue weighted by Gasteiger charge is 2.16. The van der Waals surface area contributed by atoms with Gasteiger partial charge >= 0.3 is 5.97 Å². The van der Waals surface area contributed by atoms with Crippen molar-refractivity contribution in [1.29, 1.82) is 0 Å². The number of anilines is 1. The number of carbonyl (C=O) groups is 3. The second-order valence-corrected chi connectivity index (χ2v) is 8.39. The first-order valence-corrected chi connectivity index (χ1v) is 11.8. The van der Waals surface area contributed by atoms with Crippen molar-refractivity contribution in [2.24, 2.45) is 0 Å². The lowest BCUT2D eigenvalue weighted by atomic mass is 10.1. The molecule has 1 aromatic heterocycles. The van der Waals surface area contributed by atoms with Crippen molar-refractivity contribution >= 4 is 57.0 Å². The summed E-state index contributed by atoms with van der Waals surface area (Å²) in [7, 11) is 1.50. The first-order chi connectivity index (χ1) is 16.5. The summed E-state index contributed by atoms with van der Waals surface area (Å²) in [6.45, 7) is -0.475. The molecule has 0 aliphatic heterocycles. The summed E-state index contributed by atoms with van der Waals surface area (Å²) in [5, 5.41) is 4.49. The van der Waals surface area contributed by atoms with Crippen LogP contribution in [-0.2, 0) is 14.3 Å². The molecule has 0 aliphatic rings. The Morgan fingerprint density at radius 3 is 2.44 bits per heavy atom. The van der Waals surface area contributed by atoms with Crippen molar-refractivity contribution in [2.75, 3.05) is 25.3 Å². The first-order valence-electron chi connectivity index (χ1n) is 10.6. The fourth-order valence-corrected chi connectivity index (χ4v) is 3.97. The van der Waals surface area contributed by atoms with Gasteiger partial charge in [0.1, 0.15) is 16.9 Å². The highest BCUT2D eigenvalue weighted by molar-refractivity contribution is 7.98. The minimum Gasteiger partial charge on any atom is -0.495 e. The molecular formula is C26H23NO6S. The van der Waals surface area contributed by atoms with Crippen LogP contribution in [0.3, 0.4) is 0 Å². The molecule has 7 nitrogen and oxygen atoms in total. The molecule has 4 aromatic rings. The molecular weight excluding hydrogens is 454 g/mol. The van der Waals surface area contributed by atoms with Gasteiger partial charge in [0.25, 0.3) is 5.91 Å². The second-order valence-electron chi connectivity index (χ2n) is 7.51. The molecule has 1 N–H and O–H groups in total. The Hall–Kier alpha value is -3.78. The van der Waals surface area contributed by atoms with Crippen LogP contribution in [0.15, 0.2) is 70.0 Å². The summed E-state index contributed by atoms with van der Waals surface area (Å²) >= 11 is 1.58. The van der Waals surface area contributed by atoms with Crippen molar-refractivity contribution in [3.05, 3.63) is 66.2 Å². The van der Waals surface area contributed by atoms with E-state index in [9.17, 15) is 14.4 Å². The Kier molecular flexibility index (Phi) is 7.18. The predicted molar refractivity (Wildman–Crippen MR) is 132 cm³/mol. The molecule has 174 valence electrons. The first kappa shape index (κ1) is 23.4. The number of carbonyl (C=O) groups excluding carboxylic acids is 3. The molecule has 0 atom stereocenters. The fourth-order valence-electron chi connectivity index (χ4n) is 3.56. The Morgan fingerprint density at radius 2 is 1.71 bits per heavy atom. The third-order valence-corrected chi connectivity index (χ3v) is 6.05. The Bertz CT molecular complexity index is 1360. The number of hydrogen-bond acceptors (Lipinski definition) is 7. The highest BCUT2D eigenvalue weighted by Crippen LogP contribution is 2.36. The van der Waals surface area contributed by atoms with Gasteiger partial charge in [-0.05, 0) is 30.5 Å². The molecule has 0 radical (unpaired) electrons. The number of amides is 1. The molecule has 3 aromatic carbocycles. The molecule has 34 heavy (non-hydrogen) atoms. The highest BCUT2D eigenvalue weighted by atomic mass is 32.2. The molecule has 0 unspecified atom stereocenters. The number of methoxy groups -OCH3 is 1. The van der Waals surface area contributed by atoms with Gasteiger partial charge in [0.15, 0.2) is 12.4 Å². The van der Waals surface area contributed by atoms with Crippen LogP contribution < -0.4 is 10.1 Å². The summed E-state index contributed by atoms with van der Waals surface area (Å²) in [5.74, 6) is -0.847. The normalized spacial score (nSPS) is 10.9. The number of fused-ring (bicyclic) bond motifs is 3. The van der Waals surface area contributed by atoms with Gasteiger partial charge in [-0.15, -0.1) is 11.8 Å². The van der Waals surface area contributed by atoms with Gasteiger partial charge < -0.3 is 19.2 Å². The number of nitrogens with one attached hydrogen (secondary N) is 1. The largest absolute Gasteiger partial charge is 0.495 e. The van der Waals surface area contributed by atoms with Gasteiger partial charge in [0, 0.05) is 33.7 Å². The third kappa shape index (κ3) is 5.23. The van der Waals surface area contributed by atoms with Gasteiger partial charge in [0.05, 0.1) is 19.2 Å². The van der Waals surface area contributed by atoms with Crippen molar-refractivity contribution in [1.82, 2.24) is 0 Å². The molecule has 1 amide bonds. The lowest BCUT2D eigenvalue weighted by Crippen LogP contribution is -2.21. The Morgan fingerprint density at radius 1 is 0.941 bits per heavy atom. The predicted octanol–water partition coefficient (Wildman–Crippen LogP) is 5.46. The molecule has 8 heteroatoms. The van der Waals surface area contributed by atoms with Crippen LogP contribution in [0, 0.1) is 0 Å². The maximum absolute atomic E-state index is 12.4. The summed E-state index contributed by atoms with van der Waals surface area (Å²) in [6, 6.07) is 18.3. The Labute approximate surface area is 200 Å². The number of para-hydroxylation sites is 1. The average Bonchev–Trinajstić information content (AvgIpc) is 3.22. The lowest BCUT2D eigenvalue weighted by molar-refractivity contribution is -0.147. The van der Waals surface area contributed by atoms with Gasteiger partial charge in [-0.1, -0.05) is 30.3 Å². The van der Waals surface area contributed by atoms with E-state index in [2.05, 4.69) is 5.32 Å². The van der Waals surface area contributed by atoms with Crippen molar-refractivity contribution in [2.45, 2.75) is 17.7 Å². The van der Waals surface area contributed by atoms with Crippen LogP contribution in [0.5, 0.6) is 5.75 Å². The SMILES string of the molecule is COc1cc2c(cc1NC(=O)COC(=O)CCC(=O)c1ccc(SC)cc1)oc1ccccc12. The van der Waals surface area contributed by atoms with E-state index in [0.717, 1.165) is 21.3 Å². The lowest BCUT2D eigenvalue weighted by Gasteiger charge is -2.10. The molecule has 0 saturated heterocycles. The molecule has 1 heterocycles. The van der Waals surface area contributed by atoms with E-state index in [1.165, 1.54) is 7.11 Å². The van der Waals surface area contributed by atoms with Crippen molar-refractivity contribution in [3.63, 3.8) is 0 Å². The number of hydrogen-bond donors (Lipinski definition) is 1. The smallest absolute Gasteiger partial charge is 0.306 e. The summed E-state index contributed by atoms with van der Waals surface area (Å²) in [5.41, 5.74) is 2.26. The Balaban J connectivity index is 1.32. The zero-order valence-corrected chi connectivity index (χ0v) is 19.6. The van der Waals surface area contributed by atoms with E-state index in [0.29, 0.717) is 22.6 Å². The number of furan rings is 1. The number of ketones is 1. The topological polar surface area (TPSA) is 94.8 Å². The van der Waals surface area contributed by atoms with Crippen LogP contribution in [0.1, 0.15) is 23.2 Å². The summed E-state index contributed by atoms with van der Waals surface area (Å²) in [4.78, 5) is 37.7. The van der Waals surface area contributed by atoms with Crippen LogP contribution in [-0.4, -0.2) is 37.6 Å². The molecule has 0 aliphatic carbocycles. The fraction of sp³-hybridized carbons (Fsp3) is 0.192. The maximum atomic E-state index is 12.4. The minimum absolute atomic E-state index is 0.00953. The van der Waals surface area contributed by atoms with Gasteiger partial charge in [-0.2, -0.15) is 0 Å². The molecule has 4 rings (SSSR count). The number of benzene rings is 3. The van der Waals surface area contributed by atoms with E-state index >= 15 is 0 Å². The van der Waals surface area contributed by atoms with Gasteiger partial charge in [-0.25, -0.2) is 0 Å². The zero-order chi connectivity index (χ0) is 24.1. The molecule has 0 bridgehead atoms. The number of esters is 1. The second kappa shape index (κ2) is 10.4. The zero-order valence-electron chi connectivity index (χ0n) is 18.8. The number of Topliss-reactive ketones (excluding diaryl/α,β-unsaturated/α-hetero) is 1. The molecule has 0 fully saturated rings. The van der Waals surface area contributed by atoms with Gasteiger partial charge in [0.2, 0.25) is 0 Å². The summed E-state index contributed by atoms with van der Waals surface area (Å²) in [6.07, 6.45) is 1.86. The molecule has 0 spiro atoms. The van der Waals surface area contributed by atoms with E-state index in [1.54, 1.807) is 36.0 Å². The number of thioether (sulfide) groups is 1. The van der Waals surface area contributed by atoms with Crippen molar-refractivity contribution in [3.8, 4) is 5.75 Å². The summed E-state index contributed by atoms with van der Waals surface area (Å²) < 4.78 is 16.3. The van der Waals surface area contributed by atoms with E-state index < -0.39 is 18.5 Å². The molecule has 0 saturated carbocycles. The average molecular weight is 478 g/mol. The van der Waals surface area contributed by atoms with Crippen LogP contribution in [0.2, 0.25) is 0 Å². The van der Waals surface area contributed by atoms with Crippen LogP contribution in [0.4, 0.5) is 5.69 Å². The number of rotatable bonds is 9. The minimum atomic E-state index is -0.621. The van der Waals surface area contributed by atoms with Crippen molar-refractivity contribution < 1.29 is 28.3 Å². The number of ether oxygens (including phenoxy) is 2. The standard InChI is InChI=1S/C26H23NO6S/c1-31-24-13-19-18-5-3-4-6-22(18)33-23(19)14-20(24)27-25(29)15-32-26(30)12-11-21(28)16-7-9-17(34-2)10-8-16/h3-10,13-14H,11-12,15H2,1-2H3,(H,27,29). The quantitative estimate of drug-likeness (QED) is 0.194. The maximum Gasteiger partial charge on any atom is 0.306 e. The van der Waals surface area contributed by atoms with Crippen LogP contribution in [0.25, 0.3) is 21.9 Å². The monoisotopic (exact) mass is 477 g/mol. The van der Waals surface area contributed by atoms with E-state index in [-0.39, 0.29) is 18.6 Å². The van der Waals surface area contributed by atoms with Crippen LogP contribution >= 0.6 is 11.8 Å². The van der Waals surface area contributed by atoms with Gasteiger partial charge in [-0.3, -0.25) is 14.4 Å². The van der Waals surface area contributed by atoms with E-state index in [1.807, 2.05) is 42.7 Å².